The number of benzene rings is 1. The van der Waals surface area contributed by atoms with Crippen LogP contribution in [0.2, 0.25) is 0 Å². The molecular formula is C23H34ClN4O7P. The van der Waals surface area contributed by atoms with E-state index in [1.165, 1.54) is 18.1 Å². The van der Waals surface area contributed by atoms with Crippen molar-refractivity contribution in [2.75, 3.05) is 13.7 Å². The maximum Gasteiger partial charge on any atom is 0.323 e. The number of amidine groups is 1. The summed E-state index contributed by atoms with van der Waals surface area (Å²) in [5, 5.41) is 13.8. The number of rotatable bonds is 13. The van der Waals surface area contributed by atoms with Crippen molar-refractivity contribution in [2.45, 2.75) is 58.3 Å². The van der Waals surface area contributed by atoms with E-state index in [9.17, 15) is 14.7 Å². The minimum Gasteiger partial charge on any atom is -0.462 e. The van der Waals surface area contributed by atoms with Crippen molar-refractivity contribution in [3.63, 3.8) is 0 Å². The molecule has 0 aliphatic carbocycles. The van der Waals surface area contributed by atoms with Crippen molar-refractivity contribution in [1.82, 2.24) is 9.99 Å². The molecule has 1 heterocycles. The Bertz CT molecular complexity index is 921. The highest BCUT2D eigenvalue weighted by Gasteiger charge is 2.44. The van der Waals surface area contributed by atoms with Crippen molar-refractivity contribution in [2.24, 2.45) is 16.6 Å². The van der Waals surface area contributed by atoms with Gasteiger partial charge in [-0.2, -0.15) is 0 Å². The molecule has 0 aromatic heterocycles. The van der Waals surface area contributed by atoms with Crippen LogP contribution in [-0.2, 0) is 23.6 Å². The number of carbonyl (C=O) groups is 2. The molecule has 1 fully saturated rings. The summed E-state index contributed by atoms with van der Waals surface area (Å²) in [6.45, 7) is 6.81. The van der Waals surface area contributed by atoms with E-state index < -0.39 is 44.9 Å². The van der Waals surface area contributed by atoms with Gasteiger partial charge in [0, 0.05) is 19.2 Å². The van der Waals surface area contributed by atoms with Gasteiger partial charge in [-0.1, -0.05) is 36.7 Å². The lowest BCUT2D eigenvalue weighted by Crippen LogP contribution is -2.36. The molecule has 200 valence electrons. The van der Waals surface area contributed by atoms with Crippen LogP contribution in [0, 0.1) is 5.92 Å². The number of esters is 1. The zero-order chi connectivity index (χ0) is 26.8. The molecule has 0 radical (unpaired) electrons. The van der Waals surface area contributed by atoms with Crippen LogP contribution in [0.1, 0.15) is 27.7 Å². The van der Waals surface area contributed by atoms with Crippen molar-refractivity contribution < 1.29 is 33.2 Å². The van der Waals surface area contributed by atoms with Gasteiger partial charge in [0.2, 0.25) is 6.41 Å². The first kappa shape index (κ1) is 30.0. The van der Waals surface area contributed by atoms with Gasteiger partial charge in [-0.05, 0) is 32.9 Å². The summed E-state index contributed by atoms with van der Waals surface area (Å²) in [6.07, 6.45) is -1.02. The number of amides is 1. The summed E-state index contributed by atoms with van der Waals surface area (Å²) >= 11 is 6.09. The molecule has 4 N–H and O–H groups in total. The van der Waals surface area contributed by atoms with E-state index in [-0.39, 0.29) is 23.6 Å². The van der Waals surface area contributed by atoms with E-state index >= 15 is 0 Å². The van der Waals surface area contributed by atoms with Crippen molar-refractivity contribution in [3.8, 4) is 5.75 Å². The Morgan fingerprint density at radius 3 is 2.61 bits per heavy atom. The summed E-state index contributed by atoms with van der Waals surface area (Å²) in [7, 11) is -0.364. The average Bonchev–Trinajstić information content (AvgIpc) is 3.13. The Morgan fingerprint density at radius 1 is 1.36 bits per heavy atom. The number of halogens is 1. The van der Waals surface area contributed by atoms with Crippen LogP contribution < -0.4 is 15.3 Å². The van der Waals surface area contributed by atoms with E-state index in [0.29, 0.717) is 12.2 Å². The van der Waals surface area contributed by atoms with Gasteiger partial charge in [0.25, 0.3) is 0 Å². The second-order valence-corrected chi connectivity index (χ2v) is 9.97. The second kappa shape index (κ2) is 14.5. The van der Waals surface area contributed by atoms with E-state index in [1.807, 2.05) is 6.07 Å². The maximum absolute atomic E-state index is 12.3. The predicted octanol–water partition coefficient (Wildman–Crippen LogP) is 2.49. The van der Waals surface area contributed by atoms with Crippen molar-refractivity contribution in [3.05, 3.63) is 41.6 Å². The van der Waals surface area contributed by atoms with Crippen LogP contribution in [0.4, 0.5) is 0 Å². The standard InChI is InChI=1S/C23H34ClN4O7P/c1-14(2)33-23(31)16(4)27-36(35-17-9-7-6-8-10-17)32-12-19-20(30)15(3)22(34-19)28(13-29)11-18(24)21(25)26-5/h6-11,13-16,19-20,22,27,30H,12H2,1-5H3,(H2,25,26)/b18-11+. The average molecular weight is 545 g/mol. The topological polar surface area (TPSA) is 145 Å². The second-order valence-electron chi connectivity index (χ2n) is 8.35. The van der Waals surface area contributed by atoms with Gasteiger partial charge in [0.15, 0.2) is 0 Å². The van der Waals surface area contributed by atoms with Gasteiger partial charge in [0.05, 0.1) is 23.8 Å². The molecule has 1 saturated heterocycles. The highest BCUT2D eigenvalue weighted by molar-refractivity contribution is 7.45. The SMILES string of the molecule is C/N=C(N)\C(Cl)=C/N(C=O)C1OC(COP(NC(C)C(=O)OC(C)C)Oc2ccccc2)C(O)C1C. The highest BCUT2D eigenvalue weighted by atomic mass is 35.5. The third-order valence-electron chi connectivity index (χ3n) is 5.14. The molecule has 1 aromatic carbocycles. The molecule has 0 bridgehead atoms. The van der Waals surface area contributed by atoms with Crippen LogP contribution in [-0.4, -0.2) is 72.5 Å². The molecule has 1 aliphatic heterocycles. The molecule has 11 nitrogen and oxygen atoms in total. The fourth-order valence-electron chi connectivity index (χ4n) is 3.19. The van der Waals surface area contributed by atoms with Crippen LogP contribution in [0.5, 0.6) is 5.75 Å². The monoisotopic (exact) mass is 544 g/mol. The molecule has 6 atom stereocenters. The number of ether oxygens (including phenoxy) is 2. The third kappa shape index (κ3) is 8.69. The Labute approximate surface area is 217 Å². The summed E-state index contributed by atoms with van der Waals surface area (Å²) in [5.41, 5.74) is 5.68. The summed E-state index contributed by atoms with van der Waals surface area (Å²) in [5.74, 6) is -0.349. The molecule has 1 aromatic rings. The number of nitrogens with two attached hydrogens (primary N) is 1. The number of aliphatic imine (C=N–C) groups is 1. The quantitative estimate of drug-likeness (QED) is 0.112. The van der Waals surface area contributed by atoms with Gasteiger partial charge < -0.3 is 29.4 Å². The molecular weight excluding hydrogens is 511 g/mol. The zero-order valence-electron chi connectivity index (χ0n) is 20.9. The number of aliphatic hydroxyl groups excluding tert-OH is 1. The van der Waals surface area contributed by atoms with Crippen LogP contribution >= 0.6 is 20.1 Å². The lowest BCUT2D eigenvalue weighted by molar-refractivity contribution is -0.149. The largest absolute Gasteiger partial charge is 0.462 e. The number of nitrogens with one attached hydrogen (secondary N) is 1. The third-order valence-corrected chi connectivity index (χ3v) is 6.79. The zero-order valence-corrected chi connectivity index (χ0v) is 22.6. The summed E-state index contributed by atoms with van der Waals surface area (Å²) < 4.78 is 23.0. The Morgan fingerprint density at radius 2 is 2.03 bits per heavy atom. The van der Waals surface area contributed by atoms with Gasteiger partial charge in [-0.3, -0.25) is 19.5 Å². The van der Waals surface area contributed by atoms with Crippen LogP contribution in [0.15, 0.2) is 46.6 Å². The number of carbonyl (C=O) groups excluding carboxylic acids is 2. The van der Waals surface area contributed by atoms with E-state index in [2.05, 4.69) is 10.1 Å². The smallest absolute Gasteiger partial charge is 0.323 e. The van der Waals surface area contributed by atoms with E-state index in [0.717, 1.165) is 0 Å². The van der Waals surface area contributed by atoms with Crippen molar-refractivity contribution in [1.29, 1.82) is 0 Å². The number of hydrogen-bond acceptors (Lipinski definition) is 9. The molecule has 0 spiro atoms. The minimum absolute atomic E-state index is 0.0505. The van der Waals surface area contributed by atoms with Crippen LogP contribution in [0.25, 0.3) is 0 Å². The van der Waals surface area contributed by atoms with E-state index in [1.54, 1.807) is 52.0 Å². The molecule has 0 saturated carbocycles. The normalized spacial score (nSPS) is 24.3. The highest BCUT2D eigenvalue weighted by Crippen LogP contribution is 2.38. The fourth-order valence-corrected chi connectivity index (χ4v) is 4.59. The maximum atomic E-state index is 12.3. The molecule has 1 aliphatic rings. The minimum atomic E-state index is -1.83. The van der Waals surface area contributed by atoms with Crippen molar-refractivity contribution >= 4 is 38.3 Å². The Kier molecular flexibility index (Phi) is 12.0. The lowest BCUT2D eigenvalue weighted by Gasteiger charge is -2.25. The molecule has 36 heavy (non-hydrogen) atoms. The fraction of sp³-hybridized carbons (Fsp3) is 0.522. The summed E-state index contributed by atoms with van der Waals surface area (Å²) in [6, 6.07) is 8.23. The number of para-hydroxylation sites is 1. The van der Waals surface area contributed by atoms with Gasteiger partial charge in [-0.15, -0.1) is 0 Å². The molecule has 2 rings (SSSR count). The number of hydrogen-bond donors (Lipinski definition) is 3. The molecule has 13 heteroatoms. The van der Waals surface area contributed by atoms with Gasteiger partial charge in [-0.25, -0.2) is 5.09 Å². The predicted molar refractivity (Wildman–Crippen MR) is 137 cm³/mol. The number of nitrogens with zero attached hydrogens (tertiary/aromatic N) is 2. The van der Waals surface area contributed by atoms with Gasteiger partial charge in [0.1, 0.15) is 30.0 Å². The number of aliphatic hydroxyl groups is 1. The van der Waals surface area contributed by atoms with Gasteiger partial charge >= 0.3 is 14.5 Å². The van der Waals surface area contributed by atoms with E-state index in [4.69, 9.17) is 35.9 Å². The first-order valence-electron chi connectivity index (χ1n) is 11.4. The first-order chi connectivity index (χ1) is 17.1. The lowest BCUT2D eigenvalue weighted by atomic mass is 10.0. The Balaban J connectivity index is 2.10. The Hall–Kier alpha value is -2.27. The van der Waals surface area contributed by atoms with Crippen LogP contribution in [0.3, 0.4) is 0 Å². The first-order valence-corrected chi connectivity index (χ1v) is 12.9. The molecule has 1 amide bonds. The summed E-state index contributed by atoms with van der Waals surface area (Å²) in [4.78, 5) is 28.9. The molecule has 6 unspecified atom stereocenters.